The van der Waals surface area contributed by atoms with E-state index in [0.29, 0.717) is 6.04 Å². The van der Waals surface area contributed by atoms with Crippen LogP contribution in [0.4, 0.5) is 5.13 Å². The predicted molar refractivity (Wildman–Crippen MR) is 114 cm³/mol. The summed E-state index contributed by atoms with van der Waals surface area (Å²) in [6.07, 6.45) is 2.16. The van der Waals surface area contributed by atoms with E-state index in [4.69, 9.17) is 4.98 Å². The van der Waals surface area contributed by atoms with Crippen LogP contribution >= 0.6 is 47.5 Å². The van der Waals surface area contributed by atoms with E-state index in [9.17, 15) is 4.79 Å². The first-order valence-corrected chi connectivity index (χ1v) is 9.95. The van der Waals surface area contributed by atoms with Crippen molar-refractivity contribution in [2.24, 2.45) is 0 Å². The van der Waals surface area contributed by atoms with Gasteiger partial charge in [0.05, 0.1) is 9.58 Å². The summed E-state index contributed by atoms with van der Waals surface area (Å²) in [7, 11) is 0. The number of nitrogens with zero attached hydrogens (tertiary/aromatic N) is 2. The average Bonchev–Trinajstić information content (AvgIpc) is 3.10. The van der Waals surface area contributed by atoms with Gasteiger partial charge in [0.2, 0.25) is 0 Å². The molecule has 0 aromatic carbocycles. The van der Waals surface area contributed by atoms with Crippen molar-refractivity contribution in [2.45, 2.75) is 45.7 Å². The summed E-state index contributed by atoms with van der Waals surface area (Å²) in [6, 6.07) is 2.54. The lowest BCUT2D eigenvalue weighted by molar-refractivity contribution is 0.0924. The summed E-state index contributed by atoms with van der Waals surface area (Å²) in [5.74, 6) is 0.0325. The van der Waals surface area contributed by atoms with Crippen molar-refractivity contribution in [3.8, 4) is 0 Å². The van der Waals surface area contributed by atoms with Crippen molar-refractivity contribution >= 4 is 68.1 Å². The molecule has 0 bridgehead atoms. The molecule has 3 rings (SSSR count). The number of thiazole rings is 1. The lowest BCUT2D eigenvalue weighted by Gasteiger charge is -2.30. The van der Waals surface area contributed by atoms with Crippen LogP contribution in [0.5, 0.6) is 0 Å². The Balaban J connectivity index is 0.00000156. The van der Waals surface area contributed by atoms with Crippen LogP contribution in [0.2, 0.25) is 0 Å². The molecule has 0 radical (unpaired) electrons. The van der Waals surface area contributed by atoms with Crippen molar-refractivity contribution in [2.75, 3.05) is 24.5 Å². The molecule has 0 aliphatic carbocycles. The summed E-state index contributed by atoms with van der Waals surface area (Å²) in [4.78, 5) is 21.2. The number of rotatable bonds is 5. The number of piperidine rings is 1. The molecule has 2 aromatic heterocycles. The van der Waals surface area contributed by atoms with Gasteiger partial charge >= 0.3 is 0 Å². The lowest BCUT2D eigenvalue weighted by atomic mass is 10.00. The zero-order valence-corrected chi connectivity index (χ0v) is 18.0. The van der Waals surface area contributed by atoms with E-state index >= 15 is 0 Å². The molecule has 1 fully saturated rings. The van der Waals surface area contributed by atoms with Gasteiger partial charge in [0.15, 0.2) is 5.13 Å². The Morgan fingerprint density at radius 2 is 2.08 bits per heavy atom. The monoisotopic (exact) mass is 424 g/mol. The van der Waals surface area contributed by atoms with Crippen LogP contribution in [0.25, 0.3) is 9.53 Å². The van der Waals surface area contributed by atoms with Crippen molar-refractivity contribution in [1.29, 1.82) is 0 Å². The molecule has 5 nitrogen and oxygen atoms in total. The third-order valence-corrected chi connectivity index (χ3v) is 6.63. The summed E-state index contributed by atoms with van der Waals surface area (Å²) >= 11 is 3.17. The number of carbonyl (C=O) groups excluding carboxylic acids is 1. The third-order valence-electron chi connectivity index (χ3n) is 4.41. The van der Waals surface area contributed by atoms with Gasteiger partial charge in [-0.15, -0.1) is 36.2 Å². The molecule has 2 atom stereocenters. The van der Waals surface area contributed by atoms with Gasteiger partial charge in [-0.1, -0.05) is 11.3 Å². The normalized spacial score (nSPS) is 19.8. The van der Waals surface area contributed by atoms with Crippen molar-refractivity contribution in [3.63, 3.8) is 0 Å². The van der Waals surface area contributed by atoms with Crippen molar-refractivity contribution < 1.29 is 4.79 Å². The number of hydrogen-bond acceptors (Lipinski definition) is 6. The van der Waals surface area contributed by atoms with Gasteiger partial charge in [-0.25, -0.2) is 4.98 Å². The van der Waals surface area contributed by atoms with Gasteiger partial charge in [-0.3, -0.25) is 4.79 Å². The number of amides is 1. The Labute approximate surface area is 169 Å². The van der Waals surface area contributed by atoms with E-state index in [-0.39, 0.29) is 36.8 Å². The third kappa shape index (κ3) is 4.98. The van der Waals surface area contributed by atoms with E-state index < -0.39 is 0 Å². The molecule has 25 heavy (non-hydrogen) atoms. The van der Waals surface area contributed by atoms with Crippen LogP contribution in [0, 0.1) is 0 Å². The maximum absolute atomic E-state index is 12.5. The zero-order chi connectivity index (χ0) is 16.4. The molecule has 1 amide bonds. The van der Waals surface area contributed by atoms with Gasteiger partial charge in [0.1, 0.15) is 4.83 Å². The lowest BCUT2D eigenvalue weighted by Crippen LogP contribution is -2.51. The van der Waals surface area contributed by atoms with Crippen LogP contribution < -0.4 is 15.5 Å². The number of nitrogens with one attached hydrogen (secondary N) is 2. The van der Waals surface area contributed by atoms with Crippen molar-refractivity contribution in [3.05, 3.63) is 10.9 Å². The first kappa shape index (κ1) is 22.4. The van der Waals surface area contributed by atoms with Crippen LogP contribution in [0.15, 0.2) is 6.07 Å². The van der Waals surface area contributed by atoms with E-state index in [0.717, 1.165) is 52.0 Å². The summed E-state index contributed by atoms with van der Waals surface area (Å²) in [5.41, 5.74) is 0. The standard InChI is InChI=1S/C16H24N4OS2.2ClH/c1-4-20(5-2)16-19-15-13(23-16)9-12(22-15)14(21)18-11-7-6-8-17-10(11)3;;/h9-11,17H,4-8H2,1-3H3,(H,18,21);2*1H. The molecule has 3 heterocycles. The van der Waals surface area contributed by atoms with Gasteiger partial charge in [0, 0.05) is 25.2 Å². The van der Waals surface area contributed by atoms with Gasteiger partial charge in [-0.2, -0.15) is 0 Å². The fourth-order valence-corrected chi connectivity index (χ4v) is 5.19. The Kier molecular flexibility index (Phi) is 8.91. The first-order chi connectivity index (χ1) is 11.1. The number of fused-ring (bicyclic) bond motifs is 1. The van der Waals surface area contributed by atoms with E-state index in [1.54, 1.807) is 11.3 Å². The largest absolute Gasteiger partial charge is 0.349 e. The zero-order valence-electron chi connectivity index (χ0n) is 14.7. The first-order valence-electron chi connectivity index (χ1n) is 8.32. The molecule has 0 spiro atoms. The molecular weight excluding hydrogens is 399 g/mol. The summed E-state index contributed by atoms with van der Waals surface area (Å²) in [5, 5.41) is 7.64. The molecule has 2 aromatic rings. The molecule has 1 saturated heterocycles. The Bertz CT molecular complexity index is 655. The number of aromatic nitrogens is 1. The number of halogens is 2. The molecule has 1 aliphatic heterocycles. The van der Waals surface area contributed by atoms with E-state index in [2.05, 4.69) is 36.3 Å². The van der Waals surface area contributed by atoms with Crippen LogP contribution in [-0.4, -0.2) is 42.6 Å². The number of carbonyl (C=O) groups is 1. The van der Waals surface area contributed by atoms with Crippen LogP contribution in [0.3, 0.4) is 0 Å². The minimum absolute atomic E-state index is 0. The second-order valence-electron chi connectivity index (χ2n) is 5.91. The highest BCUT2D eigenvalue weighted by atomic mass is 35.5. The van der Waals surface area contributed by atoms with Gasteiger partial charge in [0.25, 0.3) is 5.91 Å². The number of hydrogen-bond donors (Lipinski definition) is 2. The molecule has 2 unspecified atom stereocenters. The molecule has 9 heteroatoms. The Morgan fingerprint density at radius 1 is 1.36 bits per heavy atom. The highest BCUT2D eigenvalue weighted by Crippen LogP contribution is 2.34. The van der Waals surface area contributed by atoms with Crippen molar-refractivity contribution in [1.82, 2.24) is 15.6 Å². The number of anilines is 1. The maximum atomic E-state index is 12.5. The molecule has 2 N–H and O–H groups in total. The molecule has 1 aliphatic rings. The molecular formula is C16H26Cl2N4OS2. The number of thiophene rings is 1. The summed E-state index contributed by atoms with van der Waals surface area (Å²) < 4.78 is 1.11. The summed E-state index contributed by atoms with van der Waals surface area (Å²) in [6.45, 7) is 9.36. The van der Waals surface area contributed by atoms with Gasteiger partial charge in [-0.05, 0) is 46.2 Å². The highest BCUT2D eigenvalue weighted by molar-refractivity contribution is 7.29. The molecule has 142 valence electrons. The Hall–Kier alpha value is -0.600. The topological polar surface area (TPSA) is 57.3 Å². The predicted octanol–water partition coefficient (Wildman–Crippen LogP) is 3.92. The smallest absolute Gasteiger partial charge is 0.261 e. The highest BCUT2D eigenvalue weighted by Gasteiger charge is 2.24. The van der Waals surface area contributed by atoms with Crippen LogP contribution in [0.1, 0.15) is 43.3 Å². The average molecular weight is 425 g/mol. The van der Waals surface area contributed by atoms with Gasteiger partial charge < -0.3 is 15.5 Å². The van der Waals surface area contributed by atoms with Crippen LogP contribution in [-0.2, 0) is 0 Å². The second-order valence-corrected chi connectivity index (χ2v) is 7.95. The Morgan fingerprint density at radius 3 is 2.68 bits per heavy atom. The minimum Gasteiger partial charge on any atom is -0.349 e. The molecule has 0 saturated carbocycles. The fraction of sp³-hybridized carbons (Fsp3) is 0.625. The SMILES string of the molecule is CCN(CC)c1nc2sc(C(=O)NC3CCCNC3C)cc2s1.Cl.Cl. The van der Waals surface area contributed by atoms with E-state index in [1.165, 1.54) is 11.3 Å². The fourth-order valence-electron chi connectivity index (χ4n) is 2.95. The van der Waals surface area contributed by atoms with E-state index in [1.807, 2.05) is 6.07 Å². The minimum atomic E-state index is 0. The quantitative estimate of drug-likeness (QED) is 0.763. The second kappa shape index (κ2) is 9.92. The maximum Gasteiger partial charge on any atom is 0.261 e.